The lowest BCUT2D eigenvalue weighted by molar-refractivity contribution is -0.130. The molecule has 1 saturated heterocycles. The first-order valence-electron chi connectivity index (χ1n) is 10.7. The Balaban J connectivity index is 1.35. The lowest BCUT2D eigenvalue weighted by Crippen LogP contribution is -2.40. The van der Waals surface area contributed by atoms with Crippen LogP contribution < -0.4 is 5.32 Å². The van der Waals surface area contributed by atoms with Crippen LogP contribution in [0.1, 0.15) is 54.0 Å². The van der Waals surface area contributed by atoms with Crippen molar-refractivity contribution in [3.63, 3.8) is 0 Å². The molecule has 1 unspecified atom stereocenters. The molecule has 0 spiro atoms. The van der Waals surface area contributed by atoms with Crippen molar-refractivity contribution >= 4 is 5.91 Å². The van der Waals surface area contributed by atoms with E-state index in [1.165, 1.54) is 22.4 Å². The molecule has 1 N–H and O–H groups in total. The van der Waals surface area contributed by atoms with E-state index in [9.17, 15) is 4.79 Å². The summed E-state index contributed by atoms with van der Waals surface area (Å²) in [5.74, 6) is 0.352. The van der Waals surface area contributed by atoms with E-state index < -0.39 is 0 Å². The molecular formula is C24H28N4O. The van der Waals surface area contributed by atoms with Gasteiger partial charge in [0.15, 0.2) is 0 Å². The number of amides is 1. The normalized spacial score (nSPS) is 20.4. The van der Waals surface area contributed by atoms with Crippen LogP contribution in [0.5, 0.6) is 0 Å². The number of nitrogens with one attached hydrogen (secondary N) is 1. The van der Waals surface area contributed by atoms with Crippen LogP contribution in [0.15, 0.2) is 42.6 Å². The maximum atomic E-state index is 12.4. The number of pyridine rings is 1. The maximum absolute atomic E-state index is 12.4. The summed E-state index contributed by atoms with van der Waals surface area (Å²) in [4.78, 5) is 18.8. The molecule has 0 radical (unpaired) electrons. The number of carbonyl (C=O) groups is 1. The standard InChI is InChI=1S/C24H28N4O/c25-16-20-8-5-15-28(20)23(29)17-26-13-4-10-22-21-9-2-1-6-18(21)11-12-19-7-3-14-27-24(19)22/h1-3,6-7,9,14,20,22,26H,4-5,8,10-13,15,17H2/t20-,22?/m0/s1. The summed E-state index contributed by atoms with van der Waals surface area (Å²) in [5.41, 5.74) is 5.39. The third kappa shape index (κ3) is 4.33. The van der Waals surface area contributed by atoms with E-state index in [0.717, 1.165) is 45.1 Å². The first kappa shape index (κ1) is 19.6. The SMILES string of the molecule is N#C[C@@H]1CCCN1C(=O)CNCCCC1c2ccccc2CCc2cccnc21. The summed E-state index contributed by atoms with van der Waals surface area (Å²) in [6.07, 6.45) is 7.72. The number of benzene rings is 1. The van der Waals surface area contributed by atoms with Crippen molar-refractivity contribution in [2.75, 3.05) is 19.6 Å². The van der Waals surface area contributed by atoms with Gasteiger partial charge in [0.25, 0.3) is 0 Å². The molecular weight excluding hydrogens is 360 g/mol. The van der Waals surface area contributed by atoms with Crippen LogP contribution in [0.3, 0.4) is 0 Å². The van der Waals surface area contributed by atoms with Gasteiger partial charge in [-0.2, -0.15) is 5.26 Å². The van der Waals surface area contributed by atoms with E-state index in [1.807, 2.05) is 12.3 Å². The lowest BCUT2D eigenvalue weighted by atomic mass is 9.88. The highest BCUT2D eigenvalue weighted by Crippen LogP contribution is 2.35. The molecule has 1 aliphatic heterocycles. The largest absolute Gasteiger partial charge is 0.326 e. The summed E-state index contributed by atoms with van der Waals surface area (Å²) in [7, 11) is 0. The number of nitriles is 1. The predicted octanol–water partition coefficient (Wildman–Crippen LogP) is 3.20. The molecule has 1 aliphatic carbocycles. The summed E-state index contributed by atoms with van der Waals surface area (Å²) >= 11 is 0. The molecule has 5 nitrogen and oxygen atoms in total. The highest BCUT2D eigenvalue weighted by molar-refractivity contribution is 5.79. The molecule has 29 heavy (non-hydrogen) atoms. The smallest absolute Gasteiger partial charge is 0.237 e. The number of fused-ring (bicyclic) bond motifs is 2. The summed E-state index contributed by atoms with van der Waals surface area (Å²) < 4.78 is 0. The molecule has 1 aromatic carbocycles. The van der Waals surface area contributed by atoms with E-state index in [4.69, 9.17) is 10.2 Å². The van der Waals surface area contributed by atoms with Crippen LogP contribution in [0.2, 0.25) is 0 Å². The number of nitrogens with zero attached hydrogens (tertiary/aromatic N) is 3. The summed E-state index contributed by atoms with van der Waals surface area (Å²) in [6, 6.07) is 15.0. The minimum Gasteiger partial charge on any atom is -0.326 e. The average molecular weight is 389 g/mol. The van der Waals surface area contributed by atoms with Crippen molar-refractivity contribution in [3.05, 3.63) is 65.0 Å². The fraction of sp³-hybridized carbons (Fsp3) is 0.458. The second-order valence-corrected chi connectivity index (χ2v) is 7.99. The van der Waals surface area contributed by atoms with Crippen LogP contribution >= 0.6 is 0 Å². The number of likely N-dealkylation sites (tertiary alicyclic amines) is 1. The first-order chi connectivity index (χ1) is 14.3. The van der Waals surface area contributed by atoms with Gasteiger partial charge in [-0.15, -0.1) is 0 Å². The van der Waals surface area contributed by atoms with Gasteiger partial charge in [-0.3, -0.25) is 9.78 Å². The predicted molar refractivity (Wildman–Crippen MR) is 112 cm³/mol. The second-order valence-electron chi connectivity index (χ2n) is 7.99. The van der Waals surface area contributed by atoms with Crippen LogP contribution in [0, 0.1) is 11.3 Å². The zero-order chi connectivity index (χ0) is 20.1. The van der Waals surface area contributed by atoms with Gasteiger partial charge < -0.3 is 10.2 Å². The molecule has 0 bridgehead atoms. The van der Waals surface area contributed by atoms with E-state index >= 15 is 0 Å². The number of aryl methyl sites for hydroxylation is 2. The van der Waals surface area contributed by atoms with E-state index in [-0.39, 0.29) is 11.9 Å². The number of carbonyl (C=O) groups excluding carboxylic acids is 1. The first-order valence-corrected chi connectivity index (χ1v) is 10.7. The molecule has 150 valence electrons. The Kier molecular flexibility index (Phi) is 6.21. The molecule has 2 atom stereocenters. The molecule has 1 amide bonds. The number of hydrogen-bond acceptors (Lipinski definition) is 4. The minimum absolute atomic E-state index is 0.0425. The zero-order valence-corrected chi connectivity index (χ0v) is 16.8. The Hall–Kier alpha value is -2.71. The number of aromatic nitrogens is 1. The molecule has 0 saturated carbocycles. The van der Waals surface area contributed by atoms with Crippen molar-refractivity contribution in [3.8, 4) is 6.07 Å². The Labute approximate surface area is 172 Å². The van der Waals surface area contributed by atoms with Gasteiger partial charge in [-0.25, -0.2) is 0 Å². The van der Waals surface area contributed by atoms with E-state index in [0.29, 0.717) is 19.0 Å². The van der Waals surface area contributed by atoms with Crippen LogP contribution in [-0.4, -0.2) is 41.5 Å². The van der Waals surface area contributed by atoms with Crippen LogP contribution in [-0.2, 0) is 17.6 Å². The monoisotopic (exact) mass is 388 g/mol. The average Bonchev–Trinajstić information content (AvgIpc) is 3.18. The van der Waals surface area contributed by atoms with Crippen LogP contribution in [0.4, 0.5) is 0 Å². The molecule has 1 fully saturated rings. The molecule has 1 aromatic heterocycles. The Morgan fingerprint density at radius 2 is 2.03 bits per heavy atom. The molecule has 2 heterocycles. The second kappa shape index (κ2) is 9.19. The van der Waals surface area contributed by atoms with Gasteiger partial charge in [-0.05, 0) is 67.8 Å². The highest BCUT2D eigenvalue weighted by atomic mass is 16.2. The van der Waals surface area contributed by atoms with Gasteiger partial charge in [-0.1, -0.05) is 30.3 Å². The third-order valence-corrected chi connectivity index (χ3v) is 6.20. The number of hydrogen-bond donors (Lipinski definition) is 1. The molecule has 2 aromatic rings. The Morgan fingerprint density at radius 1 is 1.21 bits per heavy atom. The fourth-order valence-electron chi connectivity index (χ4n) is 4.71. The van der Waals surface area contributed by atoms with Crippen LogP contribution in [0.25, 0.3) is 0 Å². The maximum Gasteiger partial charge on any atom is 0.237 e. The Morgan fingerprint density at radius 3 is 2.93 bits per heavy atom. The fourth-order valence-corrected chi connectivity index (χ4v) is 4.71. The quantitative estimate of drug-likeness (QED) is 0.772. The van der Waals surface area contributed by atoms with Gasteiger partial charge in [0.2, 0.25) is 5.91 Å². The van der Waals surface area contributed by atoms with E-state index in [1.54, 1.807) is 4.90 Å². The van der Waals surface area contributed by atoms with Crippen molar-refractivity contribution in [1.82, 2.24) is 15.2 Å². The minimum atomic E-state index is -0.241. The third-order valence-electron chi connectivity index (χ3n) is 6.20. The zero-order valence-electron chi connectivity index (χ0n) is 16.8. The van der Waals surface area contributed by atoms with Crippen molar-refractivity contribution in [2.45, 2.75) is 50.5 Å². The highest BCUT2D eigenvalue weighted by Gasteiger charge is 2.28. The van der Waals surface area contributed by atoms with Crippen molar-refractivity contribution in [2.24, 2.45) is 0 Å². The lowest BCUT2D eigenvalue weighted by Gasteiger charge is -2.21. The van der Waals surface area contributed by atoms with E-state index in [2.05, 4.69) is 41.7 Å². The van der Waals surface area contributed by atoms with Crippen molar-refractivity contribution < 1.29 is 4.79 Å². The van der Waals surface area contributed by atoms with Gasteiger partial charge in [0, 0.05) is 18.7 Å². The van der Waals surface area contributed by atoms with Gasteiger partial charge >= 0.3 is 0 Å². The molecule has 4 rings (SSSR count). The summed E-state index contributed by atoms with van der Waals surface area (Å²) in [6.45, 7) is 1.81. The Bertz CT molecular complexity index is 856. The van der Waals surface area contributed by atoms with Gasteiger partial charge in [0.05, 0.1) is 18.3 Å². The molecule has 5 heteroatoms. The molecule has 2 aliphatic rings. The topological polar surface area (TPSA) is 69.0 Å². The summed E-state index contributed by atoms with van der Waals surface area (Å²) in [5, 5.41) is 12.4. The van der Waals surface area contributed by atoms with Crippen molar-refractivity contribution in [1.29, 1.82) is 5.26 Å². The number of rotatable bonds is 6. The van der Waals surface area contributed by atoms with Gasteiger partial charge in [0.1, 0.15) is 6.04 Å².